The fourth-order valence-corrected chi connectivity index (χ4v) is 3.17. The second kappa shape index (κ2) is 9.02. The lowest BCUT2D eigenvalue weighted by Crippen LogP contribution is -2.47. The topological polar surface area (TPSA) is 59.4 Å². The van der Waals surface area contributed by atoms with Gasteiger partial charge in [0.25, 0.3) is 5.91 Å². The first kappa shape index (κ1) is 18.0. The molecule has 3 rings (SSSR count). The molecule has 1 aliphatic rings. The van der Waals surface area contributed by atoms with Crippen molar-refractivity contribution in [2.24, 2.45) is 0 Å². The van der Waals surface area contributed by atoms with Gasteiger partial charge in [0.05, 0.1) is 11.6 Å². The summed E-state index contributed by atoms with van der Waals surface area (Å²) < 4.78 is 0. The number of nitrogens with one attached hydrogen (secondary N) is 1. The van der Waals surface area contributed by atoms with Crippen LogP contribution in [0.4, 0.5) is 5.69 Å². The van der Waals surface area contributed by atoms with E-state index in [1.54, 1.807) is 24.3 Å². The van der Waals surface area contributed by atoms with E-state index in [-0.39, 0.29) is 5.91 Å². The highest BCUT2D eigenvalue weighted by atomic mass is 16.1. The number of nitriles is 1. The summed E-state index contributed by atoms with van der Waals surface area (Å²) in [6, 6.07) is 19.3. The van der Waals surface area contributed by atoms with Gasteiger partial charge < -0.3 is 10.2 Å². The molecule has 26 heavy (non-hydrogen) atoms. The number of piperazine rings is 1. The van der Waals surface area contributed by atoms with E-state index < -0.39 is 0 Å². The van der Waals surface area contributed by atoms with Crippen molar-refractivity contribution in [2.45, 2.75) is 6.42 Å². The van der Waals surface area contributed by atoms with Crippen LogP contribution in [-0.2, 0) is 0 Å². The molecule has 0 spiro atoms. The monoisotopic (exact) mass is 348 g/mol. The van der Waals surface area contributed by atoms with Crippen molar-refractivity contribution in [1.29, 1.82) is 5.26 Å². The molecule has 5 nitrogen and oxygen atoms in total. The lowest BCUT2D eigenvalue weighted by molar-refractivity contribution is 0.0951. The first-order valence-corrected chi connectivity index (χ1v) is 9.07. The Labute approximate surface area is 154 Å². The molecule has 1 saturated heterocycles. The Morgan fingerprint density at radius 2 is 1.69 bits per heavy atom. The standard InChI is InChI=1S/C21H24N4O/c22-17-18-7-9-19(10-8-18)21(26)23-11-4-12-24-13-15-25(16-14-24)20-5-2-1-3-6-20/h1-3,5-10H,4,11-16H2,(H,23,26). The Balaban J connectivity index is 1.34. The van der Waals surface area contributed by atoms with Gasteiger partial charge in [0.1, 0.15) is 0 Å². The maximum absolute atomic E-state index is 12.1. The first-order valence-electron chi connectivity index (χ1n) is 9.07. The van der Waals surface area contributed by atoms with Crippen LogP contribution in [0.5, 0.6) is 0 Å². The summed E-state index contributed by atoms with van der Waals surface area (Å²) >= 11 is 0. The maximum Gasteiger partial charge on any atom is 0.251 e. The smallest absolute Gasteiger partial charge is 0.251 e. The molecular formula is C21H24N4O. The summed E-state index contributed by atoms with van der Waals surface area (Å²) in [5.41, 5.74) is 2.46. The van der Waals surface area contributed by atoms with Gasteiger partial charge in [0.15, 0.2) is 0 Å². The minimum atomic E-state index is -0.0802. The number of carbonyl (C=O) groups excluding carboxylic acids is 1. The maximum atomic E-state index is 12.1. The zero-order valence-electron chi connectivity index (χ0n) is 14.9. The molecule has 0 saturated carbocycles. The predicted molar refractivity (Wildman–Crippen MR) is 103 cm³/mol. The Hall–Kier alpha value is -2.84. The summed E-state index contributed by atoms with van der Waals surface area (Å²) in [5.74, 6) is -0.0802. The number of hydrogen-bond acceptors (Lipinski definition) is 4. The summed E-state index contributed by atoms with van der Waals surface area (Å²) in [6.07, 6.45) is 0.938. The van der Waals surface area contributed by atoms with Crippen molar-refractivity contribution in [3.05, 3.63) is 65.7 Å². The van der Waals surface area contributed by atoms with E-state index in [1.807, 2.05) is 6.07 Å². The molecule has 0 bridgehead atoms. The number of para-hydroxylation sites is 1. The lowest BCUT2D eigenvalue weighted by atomic mass is 10.1. The fourth-order valence-electron chi connectivity index (χ4n) is 3.17. The van der Waals surface area contributed by atoms with E-state index in [0.29, 0.717) is 17.7 Å². The average Bonchev–Trinajstić information content (AvgIpc) is 2.72. The summed E-state index contributed by atoms with van der Waals surface area (Å²) in [7, 11) is 0. The number of anilines is 1. The van der Waals surface area contributed by atoms with Gasteiger partial charge in [-0.05, 0) is 49.4 Å². The third-order valence-electron chi connectivity index (χ3n) is 4.71. The van der Waals surface area contributed by atoms with Crippen LogP contribution in [0.3, 0.4) is 0 Å². The predicted octanol–water partition coefficient (Wildman–Crippen LogP) is 2.50. The number of hydrogen-bond donors (Lipinski definition) is 1. The number of rotatable bonds is 6. The van der Waals surface area contributed by atoms with Crippen molar-refractivity contribution in [2.75, 3.05) is 44.2 Å². The normalized spacial score (nSPS) is 14.7. The number of carbonyl (C=O) groups is 1. The first-order chi connectivity index (χ1) is 12.8. The van der Waals surface area contributed by atoms with Crippen LogP contribution >= 0.6 is 0 Å². The molecule has 5 heteroatoms. The molecule has 0 atom stereocenters. The van der Waals surface area contributed by atoms with Crippen LogP contribution in [0, 0.1) is 11.3 Å². The summed E-state index contributed by atoms with van der Waals surface area (Å²) in [6.45, 7) is 5.86. The van der Waals surface area contributed by atoms with E-state index in [1.165, 1.54) is 5.69 Å². The van der Waals surface area contributed by atoms with Gasteiger partial charge in [0, 0.05) is 44.0 Å². The molecule has 1 amide bonds. The number of nitrogens with zero attached hydrogens (tertiary/aromatic N) is 3. The molecule has 1 fully saturated rings. The van der Waals surface area contributed by atoms with Crippen molar-refractivity contribution in [3.63, 3.8) is 0 Å². The molecule has 2 aromatic carbocycles. The molecule has 0 radical (unpaired) electrons. The Morgan fingerprint density at radius 3 is 2.35 bits per heavy atom. The Bertz CT molecular complexity index is 744. The van der Waals surface area contributed by atoms with E-state index >= 15 is 0 Å². The van der Waals surface area contributed by atoms with Crippen LogP contribution in [0.15, 0.2) is 54.6 Å². The van der Waals surface area contributed by atoms with Crippen molar-refractivity contribution in [1.82, 2.24) is 10.2 Å². The highest BCUT2D eigenvalue weighted by molar-refractivity contribution is 5.94. The SMILES string of the molecule is N#Cc1ccc(C(=O)NCCCN2CCN(c3ccccc3)CC2)cc1. The molecule has 134 valence electrons. The molecule has 2 aromatic rings. The second-order valence-corrected chi connectivity index (χ2v) is 6.46. The molecular weight excluding hydrogens is 324 g/mol. The van der Waals surface area contributed by atoms with Gasteiger partial charge in [-0.1, -0.05) is 18.2 Å². The summed E-state index contributed by atoms with van der Waals surface area (Å²) in [4.78, 5) is 17.0. The number of benzene rings is 2. The quantitative estimate of drug-likeness (QED) is 0.815. The molecule has 0 aromatic heterocycles. The average molecular weight is 348 g/mol. The highest BCUT2D eigenvalue weighted by Crippen LogP contribution is 2.15. The minimum absolute atomic E-state index is 0.0802. The van der Waals surface area contributed by atoms with Gasteiger partial charge in [0.2, 0.25) is 0 Å². The lowest BCUT2D eigenvalue weighted by Gasteiger charge is -2.36. The van der Waals surface area contributed by atoms with Crippen LogP contribution in [0.25, 0.3) is 0 Å². The minimum Gasteiger partial charge on any atom is -0.369 e. The van der Waals surface area contributed by atoms with Gasteiger partial charge in [-0.25, -0.2) is 0 Å². The largest absolute Gasteiger partial charge is 0.369 e. The van der Waals surface area contributed by atoms with E-state index in [0.717, 1.165) is 39.1 Å². The third kappa shape index (κ3) is 4.84. The Morgan fingerprint density at radius 1 is 1.00 bits per heavy atom. The van der Waals surface area contributed by atoms with Crippen molar-refractivity contribution in [3.8, 4) is 6.07 Å². The highest BCUT2D eigenvalue weighted by Gasteiger charge is 2.16. The number of amides is 1. The van der Waals surface area contributed by atoms with Gasteiger partial charge in [-0.3, -0.25) is 9.69 Å². The van der Waals surface area contributed by atoms with Gasteiger partial charge in [-0.2, -0.15) is 5.26 Å². The van der Waals surface area contributed by atoms with Gasteiger partial charge in [-0.15, -0.1) is 0 Å². The molecule has 0 aliphatic carbocycles. The molecule has 1 heterocycles. The third-order valence-corrected chi connectivity index (χ3v) is 4.71. The van der Waals surface area contributed by atoms with E-state index in [4.69, 9.17) is 5.26 Å². The summed E-state index contributed by atoms with van der Waals surface area (Å²) in [5, 5.41) is 11.7. The fraction of sp³-hybridized carbons (Fsp3) is 0.333. The molecule has 1 N–H and O–H groups in total. The van der Waals surface area contributed by atoms with Crippen LogP contribution in [0.1, 0.15) is 22.3 Å². The van der Waals surface area contributed by atoms with Crippen LogP contribution in [0.2, 0.25) is 0 Å². The zero-order valence-corrected chi connectivity index (χ0v) is 14.9. The van der Waals surface area contributed by atoms with Crippen LogP contribution in [-0.4, -0.2) is 50.1 Å². The Kier molecular flexibility index (Phi) is 6.24. The van der Waals surface area contributed by atoms with Gasteiger partial charge >= 0.3 is 0 Å². The second-order valence-electron chi connectivity index (χ2n) is 6.46. The van der Waals surface area contributed by atoms with Crippen molar-refractivity contribution >= 4 is 11.6 Å². The van der Waals surface area contributed by atoms with Crippen LogP contribution < -0.4 is 10.2 Å². The van der Waals surface area contributed by atoms with Crippen molar-refractivity contribution < 1.29 is 4.79 Å². The zero-order chi connectivity index (χ0) is 18.2. The van der Waals surface area contributed by atoms with E-state index in [9.17, 15) is 4.79 Å². The molecule has 0 unspecified atom stereocenters. The van der Waals surface area contributed by atoms with E-state index in [2.05, 4.69) is 45.5 Å². The molecule has 1 aliphatic heterocycles.